The first-order chi connectivity index (χ1) is 13.9. The van der Waals surface area contributed by atoms with E-state index in [1.54, 1.807) is 0 Å². The maximum Gasteiger partial charge on any atom is 0.418 e. The van der Waals surface area contributed by atoms with E-state index in [4.69, 9.17) is 21.1 Å². The van der Waals surface area contributed by atoms with Crippen LogP contribution in [0.25, 0.3) is 0 Å². The molecule has 12 heteroatoms. The lowest BCUT2D eigenvalue weighted by atomic mass is 10.1. The molecule has 0 atom stereocenters. The number of ether oxygens (including phenoxy) is 2. The molecule has 0 saturated heterocycles. The Hall–Kier alpha value is -2.50. The summed E-state index contributed by atoms with van der Waals surface area (Å²) in [6, 6.07) is 6.91. The molecule has 0 aliphatic rings. The highest BCUT2D eigenvalue weighted by atomic mass is 35.5. The van der Waals surface area contributed by atoms with Crippen molar-refractivity contribution in [3.63, 3.8) is 0 Å². The summed E-state index contributed by atoms with van der Waals surface area (Å²) in [6.07, 6.45) is -4.76. The number of halogens is 4. The van der Waals surface area contributed by atoms with Crippen LogP contribution in [0.15, 0.2) is 41.3 Å². The SMILES string of the molecule is COc1ccc(OC)c(S(=O)(=O)N(C)CC(=O)Nc2ccc(Cl)cc2C(F)(F)F)c1. The van der Waals surface area contributed by atoms with Gasteiger partial charge in [0.25, 0.3) is 0 Å². The van der Waals surface area contributed by atoms with E-state index >= 15 is 0 Å². The van der Waals surface area contributed by atoms with Gasteiger partial charge in [0.1, 0.15) is 16.4 Å². The van der Waals surface area contributed by atoms with Gasteiger partial charge in [-0.3, -0.25) is 4.79 Å². The number of rotatable bonds is 7. The second-order valence-corrected chi connectivity index (χ2v) is 8.46. The van der Waals surface area contributed by atoms with Gasteiger partial charge in [-0.1, -0.05) is 11.6 Å². The molecule has 0 spiro atoms. The Morgan fingerprint density at radius 1 is 1.13 bits per heavy atom. The molecule has 0 bridgehead atoms. The molecule has 2 aromatic rings. The lowest BCUT2D eigenvalue weighted by molar-refractivity contribution is -0.137. The van der Waals surface area contributed by atoms with Crippen LogP contribution in [0.3, 0.4) is 0 Å². The normalized spacial score (nSPS) is 12.0. The van der Waals surface area contributed by atoms with E-state index in [-0.39, 0.29) is 21.4 Å². The number of hydrogen-bond donors (Lipinski definition) is 1. The fraction of sp³-hybridized carbons (Fsp3) is 0.278. The number of methoxy groups -OCH3 is 2. The average Bonchev–Trinajstić information content (AvgIpc) is 2.67. The molecule has 7 nitrogen and oxygen atoms in total. The van der Waals surface area contributed by atoms with Crippen LogP contribution in [0.1, 0.15) is 5.56 Å². The number of hydrogen-bond acceptors (Lipinski definition) is 5. The van der Waals surface area contributed by atoms with E-state index < -0.39 is 39.9 Å². The van der Waals surface area contributed by atoms with E-state index in [0.717, 1.165) is 13.1 Å². The highest BCUT2D eigenvalue weighted by molar-refractivity contribution is 7.89. The van der Waals surface area contributed by atoms with Gasteiger partial charge in [-0.15, -0.1) is 0 Å². The third kappa shape index (κ3) is 5.35. The van der Waals surface area contributed by atoms with Gasteiger partial charge in [0.05, 0.1) is 32.0 Å². The topological polar surface area (TPSA) is 84.9 Å². The zero-order valence-corrected chi connectivity index (χ0v) is 17.7. The van der Waals surface area contributed by atoms with Crippen LogP contribution in [-0.2, 0) is 21.0 Å². The van der Waals surface area contributed by atoms with Gasteiger partial charge in [0.2, 0.25) is 15.9 Å². The van der Waals surface area contributed by atoms with Crippen molar-refractivity contribution in [2.45, 2.75) is 11.1 Å². The molecule has 0 saturated carbocycles. The van der Waals surface area contributed by atoms with Crippen LogP contribution in [0.4, 0.5) is 18.9 Å². The van der Waals surface area contributed by atoms with E-state index in [9.17, 15) is 26.4 Å². The number of carbonyl (C=O) groups excluding carboxylic acids is 1. The predicted molar refractivity (Wildman–Crippen MR) is 104 cm³/mol. The average molecular weight is 467 g/mol. The molecule has 30 heavy (non-hydrogen) atoms. The van der Waals surface area contributed by atoms with Gasteiger partial charge in [-0.25, -0.2) is 8.42 Å². The number of sulfonamides is 1. The van der Waals surface area contributed by atoms with Gasteiger partial charge in [-0.05, 0) is 30.3 Å². The molecule has 164 valence electrons. The summed E-state index contributed by atoms with van der Waals surface area (Å²) in [7, 11) is -0.494. The van der Waals surface area contributed by atoms with Crippen LogP contribution < -0.4 is 14.8 Å². The summed E-state index contributed by atoms with van der Waals surface area (Å²) < 4.78 is 75.9. The van der Waals surface area contributed by atoms with E-state index in [1.807, 2.05) is 0 Å². The Labute approximate surface area is 176 Å². The summed E-state index contributed by atoms with van der Waals surface area (Å²) in [4.78, 5) is 12.0. The van der Waals surface area contributed by atoms with Crippen LogP contribution in [-0.4, -0.2) is 46.4 Å². The minimum atomic E-state index is -4.76. The maximum absolute atomic E-state index is 13.2. The van der Waals surface area contributed by atoms with Crippen LogP contribution in [0.2, 0.25) is 5.02 Å². The lowest BCUT2D eigenvalue weighted by Gasteiger charge is -2.20. The molecule has 0 aromatic heterocycles. The largest absolute Gasteiger partial charge is 0.497 e. The third-order valence-corrected chi connectivity index (χ3v) is 6.05. The molecule has 1 N–H and O–H groups in total. The molecule has 0 unspecified atom stereocenters. The van der Waals surface area contributed by atoms with Crippen molar-refractivity contribution in [1.82, 2.24) is 4.31 Å². The van der Waals surface area contributed by atoms with Gasteiger partial charge in [-0.2, -0.15) is 17.5 Å². The standard InChI is InChI=1S/C18H18ClF3N2O5S/c1-24(30(26,27)16-9-12(28-2)5-7-15(16)29-3)10-17(25)23-14-6-4-11(19)8-13(14)18(20,21)22/h4-9H,10H2,1-3H3,(H,23,25). The first-order valence-electron chi connectivity index (χ1n) is 8.25. The molecule has 0 aliphatic heterocycles. The number of nitrogens with zero attached hydrogens (tertiary/aromatic N) is 1. The Kier molecular flexibility index (Phi) is 7.22. The van der Waals surface area contributed by atoms with Crippen molar-refractivity contribution in [2.75, 3.05) is 33.1 Å². The second kappa shape index (κ2) is 9.11. The smallest absolute Gasteiger partial charge is 0.418 e. The molecule has 0 aliphatic carbocycles. The molecular formula is C18H18ClF3N2O5S. The minimum Gasteiger partial charge on any atom is -0.497 e. The molecular weight excluding hydrogens is 449 g/mol. The monoisotopic (exact) mass is 466 g/mol. The highest BCUT2D eigenvalue weighted by Crippen LogP contribution is 2.36. The van der Waals surface area contributed by atoms with E-state index in [0.29, 0.717) is 10.4 Å². The summed E-state index contributed by atoms with van der Waals surface area (Å²) in [5.41, 5.74) is -1.69. The fourth-order valence-electron chi connectivity index (χ4n) is 2.49. The first-order valence-corrected chi connectivity index (χ1v) is 10.1. The summed E-state index contributed by atoms with van der Waals surface area (Å²) >= 11 is 5.60. The summed E-state index contributed by atoms with van der Waals surface area (Å²) in [6.45, 7) is -0.747. The molecule has 0 heterocycles. The molecule has 2 aromatic carbocycles. The zero-order valence-electron chi connectivity index (χ0n) is 16.1. The molecule has 0 radical (unpaired) electrons. The summed E-state index contributed by atoms with van der Waals surface area (Å²) in [5, 5.41) is 1.91. The molecule has 2 rings (SSSR count). The Morgan fingerprint density at radius 3 is 2.37 bits per heavy atom. The fourth-order valence-corrected chi connectivity index (χ4v) is 3.96. The van der Waals surface area contributed by atoms with E-state index in [1.165, 1.54) is 38.5 Å². The number of anilines is 1. The van der Waals surface area contributed by atoms with Crippen molar-refractivity contribution < 1.29 is 35.9 Å². The lowest BCUT2D eigenvalue weighted by Crippen LogP contribution is -2.35. The van der Waals surface area contributed by atoms with Crippen molar-refractivity contribution in [3.8, 4) is 11.5 Å². The quantitative estimate of drug-likeness (QED) is 0.673. The highest BCUT2D eigenvalue weighted by Gasteiger charge is 2.34. The Bertz CT molecular complexity index is 1040. The zero-order chi connectivity index (χ0) is 22.7. The molecule has 0 fully saturated rings. The van der Waals surface area contributed by atoms with Gasteiger partial charge >= 0.3 is 6.18 Å². The number of benzene rings is 2. The minimum absolute atomic E-state index is 0.0140. The number of alkyl halides is 3. The van der Waals surface area contributed by atoms with Crippen molar-refractivity contribution in [1.29, 1.82) is 0 Å². The predicted octanol–water partition coefficient (Wildman–Crippen LogP) is 3.64. The van der Waals surface area contributed by atoms with Crippen molar-refractivity contribution in [3.05, 3.63) is 47.0 Å². The van der Waals surface area contributed by atoms with Gasteiger partial charge < -0.3 is 14.8 Å². The number of likely N-dealkylation sites (N-methyl/N-ethyl adjacent to an activating group) is 1. The molecule has 1 amide bonds. The Balaban J connectivity index is 2.27. The number of amides is 1. The van der Waals surface area contributed by atoms with Crippen LogP contribution >= 0.6 is 11.6 Å². The van der Waals surface area contributed by atoms with Crippen LogP contribution in [0.5, 0.6) is 11.5 Å². The number of nitrogens with one attached hydrogen (secondary N) is 1. The van der Waals surface area contributed by atoms with E-state index in [2.05, 4.69) is 5.32 Å². The van der Waals surface area contributed by atoms with Crippen molar-refractivity contribution >= 4 is 33.2 Å². The third-order valence-electron chi connectivity index (χ3n) is 3.99. The van der Waals surface area contributed by atoms with Crippen LogP contribution in [0, 0.1) is 0 Å². The van der Waals surface area contributed by atoms with Crippen molar-refractivity contribution in [2.24, 2.45) is 0 Å². The number of carbonyl (C=O) groups is 1. The first kappa shape index (κ1) is 23.8. The Morgan fingerprint density at radius 2 is 1.80 bits per heavy atom. The van der Waals surface area contributed by atoms with Gasteiger partial charge in [0.15, 0.2) is 0 Å². The van der Waals surface area contributed by atoms with Gasteiger partial charge in [0, 0.05) is 18.1 Å². The second-order valence-electron chi connectivity index (χ2n) is 6.01. The maximum atomic E-state index is 13.2. The summed E-state index contributed by atoms with van der Waals surface area (Å²) in [5.74, 6) is -0.723.